The summed E-state index contributed by atoms with van der Waals surface area (Å²) in [5, 5.41) is 15.6. The van der Waals surface area contributed by atoms with Gasteiger partial charge in [0.15, 0.2) is 0 Å². The van der Waals surface area contributed by atoms with Crippen LogP contribution in [0.25, 0.3) is 22.9 Å². The van der Waals surface area contributed by atoms with Crippen LogP contribution in [0.3, 0.4) is 0 Å². The molecule has 0 radical (unpaired) electrons. The summed E-state index contributed by atoms with van der Waals surface area (Å²) in [6.07, 6.45) is 0.815. The first-order chi connectivity index (χ1) is 15.0. The van der Waals surface area contributed by atoms with Crippen LogP contribution in [0, 0.1) is 20.8 Å². The van der Waals surface area contributed by atoms with Gasteiger partial charge < -0.3 is 9.73 Å². The van der Waals surface area contributed by atoms with E-state index in [-0.39, 0.29) is 5.91 Å². The van der Waals surface area contributed by atoms with E-state index in [1.165, 1.54) is 5.56 Å². The van der Waals surface area contributed by atoms with Crippen molar-refractivity contribution in [1.29, 1.82) is 0 Å². The zero-order valence-corrected chi connectivity index (χ0v) is 17.9. The Hall–Kier alpha value is -3.74. The third-order valence-corrected chi connectivity index (χ3v) is 5.05. The molecule has 0 aliphatic heterocycles. The number of nitrogens with one attached hydrogen (secondary N) is 1. The van der Waals surface area contributed by atoms with Crippen molar-refractivity contribution < 1.29 is 9.21 Å². The van der Waals surface area contributed by atoms with Gasteiger partial charge in [0.25, 0.3) is 5.91 Å². The van der Waals surface area contributed by atoms with Gasteiger partial charge in [-0.25, -0.2) is 0 Å². The van der Waals surface area contributed by atoms with Gasteiger partial charge in [0.05, 0.1) is 5.69 Å². The highest BCUT2D eigenvalue weighted by Gasteiger charge is 2.12. The van der Waals surface area contributed by atoms with E-state index in [0.29, 0.717) is 23.9 Å². The third kappa shape index (κ3) is 4.88. The van der Waals surface area contributed by atoms with Crippen LogP contribution in [0.2, 0.25) is 0 Å². The smallest absolute Gasteiger partial charge is 0.251 e. The minimum Gasteiger partial charge on any atom is -0.416 e. The Morgan fingerprint density at radius 2 is 1.55 bits per heavy atom. The normalized spacial score (nSPS) is 10.9. The fourth-order valence-electron chi connectivity index (χ4n) is 3.35. The Bertz CT molecular complexity index is 1170. The molecule has 7 heteroatoms. The molecule has 2 heterocycles. The summed E-state index contributed by atoms with van der Waals surface area (Å²) in [4.78, 5) is 12.4. The Labute approximate surface area is 181 Å². The number of nitrogens with zero attached hydrogens (tertiary/aromatic N) is 4. The molecule has 0 atom stereocenters. The number of carbonyl (C=O) groups is 1. The molecular weight excluding hydrogens is 390 g/mol. The number of rotatable bonds is 7. The van der Waals surface area contributed by atoms with Crippen LogP contribution in [-0.4, -0.2) is 32.4 Å². The summed E-state index contributed by atoms with van der Waals surface area (Å²) in [5.74, 6) is 0.789. The van der Waals surface area contributed by atoms with Crippen LogP contribution in [0.15, 0.2) is 59.0 Å². The van der Waals surface area contributed by atoms with Gasteiger partial charge in [-0.05, 0) is 69.7 Å². The minimum absolute atomic E-state index is 0.106. The monoisotopic (exact) mass is 415 g/mol. The highest BCUT2D eigenvalue weighted by atomic mass is 16.4. The second kappa shape index (κ2) is 8.95. The average molecular weight is 415 g/mol. The van der Waals surface area contributed by atoms with E-state index in [2.05, 4.69) is 20.6 Å². The van der Waals surface area contributed by atoms with Crippen LogP contribution in [0.5, 0.6) is 0 Å². The molecule has 0 saturated carbocycles. The number of benzene rings is 2. The molecule has 1 N–H and O–H groups in total. The van der Waals surface area contributed by atoms with Gasteiger partial charge in [-0.3, -0.25) is 9.48 Å². The first-order valence-electron chi connectivity index (χ1n) is 10.3. The molecule has 0 bridgehead atoms. The van der Waals surface area contributed by atoms with Gasteiger partial charge in [0.2, 0.25) is 11.8 Å². The molecule has 0 aliphatic carbocycles. The molecule has 2 aromatic heterocycles. The van der Waals surface area contributed by atoms with Crippen LogP contribution >= 0.6 is 0 Å². The molecule has 0 fully saturated rings. The molecule has 0 aliphatic rings. The van der Waals surface area contributed by atoms with Crippen molar-refractivity contribution >= 4 is 5.91 Å². The standard InChI is InChI=1S/C24H25N5O2/c1-16-5-7-20(8-6-16)23-26-27-24(31-23)21-11-9-19(10-12-21)22(30)25-13-4-14-29-18(3)15-17(2)28-29/h5-12,15H,4,13-14H2,1-3H3,(H,25,30). The number of aryl methyl sites for hydroxylation is 4. The lowest BCUT2D eigenvalue weighted by molar-refractivity contribution is 0.0952. The fraction of sp³-hybridized carbons (Fsp3) is 0.250. The highest BCUT2D eigenvalue weighted by molar-refractivity contribution is 5.94. The lowest BCUT2D eigenvalue weighted by Gasteiger charge is -2.07. The molecule has 4 aromatic rings. The molecule has 0 unspecified atom stereocenters. The van der Waals surface area contributed by atoms with Crippen LogP contribution in [-0.2, 0) is 6.54 Å². The summed E-state index contributed by atoms with van der Waals surface area (Å²) in [6, 6.07) is 17.1. The Morgan fingerprint density at radius 3 is 2.13 bits per heavy atom. The molecule has 31 heavy (non-hydrogen) atoms. The summed E-state index contributed by atoms with van der Waals surface area (Å²) in [6.45, 7) is 7.41. The van der Waals surface area contributed by atoms with Crippen molar-refractivity contribution in [1.82, 2.24) is 25.3 Å². The van der Waals surface area contributed by atoms with Crippen molar-refractivity contribution in [3.05, 3.63) is 77.1 Å². The maximum absolute atomic E-state index is 12.4. The van der Waals surface area contributed by atoms with E-state index in [1.807, 2.05) is 67.9 Å². The SMILES string of the molecule is Cc1ccc(-c2nnc(-c3ccc(C(=O)NCCCn4nc(C)cc4C)cc3)o2)cc1. The molecule has 2 aromatic carbocycles. The number of aromatic nitrogens is 4. The Morgan fingerprint density at radius 1 is 0.935 bits per heavy atom. The lowest BCUT2D eigenvalue weighted by Crippen LogP contribution is -2.25. The van der Waals surface area contributed by atoms with Crippen molar-refractivity contribution in [3.63, 3.8) is 0 Å². The molecule has 158 valence electrons. The van der Waals surface area contributed by atoms with Crippen LogP contribution < -0.4 is 5.32 Å². The quantitative estimate of drug-likeness (QED) is 0.454. The molecule has 7 nitrogen and oxygen atoms in total. The van der Waals surface area contributed by atoms with E-state index in [9.17, 15) is 4.79 Å². The topological polar surface area (TPSA) is 85.8 Å². The number of carbonyl (C=O) groups excluding carboxylic acids is 1. The van der Waals surface area contributed by atoms with Crippen molar-refractivity contribution in [2.24, 2.45) is 0 Å². The van der Waals surface area contributed by atoms with Crippen LogP contribution in [0.1, 0.15) is 33.7 Å². The summed E-state index contributed by atoms with van der Waals surface area (Å²) in [5.41, 5.74) is 5.55. The van der Waals surface area contributed by atoms with Crippen molar-refractivity contribution in [2.45, 2.75) is 33.7 Å². The first-order valence-corrected chi connectivity index (χ1v) is 10.3. The van der Waals surface area contributed by atoms with Gasteiger partial charge in [-0.1, -0.05) is 17.7 Å². The summed E-state index contributed by atoms with van der Waals surface area (Å²) >= 11 is 0. The van der Waals surface area contributed by atoms with Crippen molar-refractivity contribution in [3.8, 4) is 22.9 Å². The molecule has 1 amide bonds. The third-order valence-electron chi connectivity index (χ3n) is 5.05. The van der Waals surface area contributed by atoms with E-state index in [0.717, 1.165) is 35.5 Å². The number of hydrogen-bond acceptors (Lipinski definition) is 5. The number of amides is 1. The second-order valence-corrected chi connectivity index (χ2v) is 7.62. The summed E-state index contributed by atoms with van der Waals surface area (Å²) in [7, 11) is 0. The van der Waals surface area contributed by atoms with E-state index < -0.39 is 0 Å². The zero-order chi connectivity index (χ0) is 21.8. The van der Waals surface area contributed by atoms with Crippen LogP contribution in [0.4, 0.5) is 0 Å². The molecule has 4 rings (SSSR count). The van der Waals surface area contributed by atoms with E-state index in [1.54, 1.807) is 12.1 Å². The highest BCUT2D eigenvalue weighted by Crippen LogP contribution is 2.24. The van der Waals surface area contributed by atoms with E-state index in [4.69, 9.17) is 4.42 Å². The fourth-order valence-corrected chi connectivity index (χ4v) is 3.35. The second-order valence-electron chi connectivity index (χ2n) is 7.62. The van der Waals surface area contributed by atoms with E-state index >= 15 is 0 Å². The maximum atomic E-state index is 12.4. The largest absolute Gasteiger partial charge is 0.416 e. The van der Waals surface area contributed by atoms with Crippen molar-refractivity contribution in [2.75, 3.05) is 6.54 Å². The average Bonchev–Trinajstić information content (AvgIpc) is 3.38. The minimum atomic E-state index is -0.106. The molecule has 0 saturated heterocycles. The van der Waals surface area contributed by atoms with Gasteiger partial charge in [0, 0.05) is 35.5 Å². The first kappa shape index (κ1) is 20.5. The van der Waals surface area contributed by atoms with Gasteiger partial charge >= 0.3 is 0 Å². The Balaban J connectivity index is 1.33. The lowest BCUT2D eigenvalue weighted by atomic mass is 10.1. The Kier molecular flexibility index (Phi) is 5.93. The molecular formula is C24H25N5O2. The number of hydrogen-bond donors (Lipinski definition) is 1. The van der Waals surface area contributed by atoms with Gasteiger partial charge in [-0.15, -0.1) is 10.2 Å². The predicted molar refractivity (Wildman–Crippen MR) is 119 cm³/mol. The summed E-state index contributed by atoms with van der Waals surface area (Å²) < 4.78 is 7.76. The molecule has 0 spiro atoms. The maximum Gasteiger partial charge on any atom is 0.251 e. The predicted octanol–water partition coefficient (Wildman–Crippen LogP) is 4.35. The zero-order valence-electron chi connectivity index (χ0n) is 17.9. The van der Waals surface area contributed by atoms with Gasteiger partial charge in [-0.2, -0.15) is 5.10 Å². The van der Waals surface area contributed by atoms with Gasteiger partial charge in [0.1, 0.15) is 0 Å².